The molecule has 0 aliphatic carbocycles. The normalized spacial score (nSPS) is 15.9. The number of benzene rings is 2. The first kappa shape index (κ1) is 22.6. The maximum atomic E-state index is 12.9. The lowest BCUT2D eigenvalue weighted by molar-refractivity contribution is -0.137. The molecule has 1 aliphatic rings. The average Bonchev–Trinajstić information content (AvgIpc) is 2.72. The van der Waals surface area contributed by atoms with Crippen molar-refractivity contribution in [2.75, 3.05) is 26.2 Å². The summed E-state index contributed by atoms with van der Waals surface area (Å²) in [5.74, 6) is -0.0962. The Kier molecular flexibility index (Phi) is 6.74. The van der Waals surface area contributed by atoms with Gasteiger partial charge in [-0.25, -0.2) is 8.42 Å². The Bertz CT molecular complexity index is 1000. The lowest BCUT2D eigenvalue weighted by atomic mass is 10.1. The zero-order valence-corrected chi connectivity index (χ0v) is 17.5. The van der Waals surface area contributed by atoms with E-state index in [1.165, 1.54) is 0 Å². The minimum atomic E-state index is -4.62. The molecule has 0 atom stereocenters. The van der Waals surface area contributed by atoms with Crippen LogP contribution in [0.3, 0.4) is 0 Å². The number of carbonyl (C=O) groups is 1. The second-order valence-corrected chi connectivity index (χ2v) is 9.31. The van der Waals surface area contributed by atoms with Crippen LogP contribution < -0.4 is 0 Å². The number of piperazine rings is 1. The molecule has 2 aromatic rings. The van der Waals surface area contributed by atoms with E-state index in [1.54, 1.807) is 17.0 Å². The lowest BCUT2D eigenvalue weighted by Gasteiger charge is -2.34. The van der Waals surface area contributed by atoms with Crippen LogP contribution in [0.2, 0.25) is 5.02 Å². The molecule has 0 unspecified atom stereocenters. The number of carbonyl (C=O) groups excluding carboxylic acids is 1. The summed E-state index contributed by atoms with van der Waals surface area (Å²) >= 11 is 5.84. The third kappa shape index (κ3) is 5.33. The molecular formula is C20H20ClF3N2O3S. The maximum Gasteiger partial charge on any atom is 0.416 e. The Morgan fingerprint density at radius 1 is 1.00 bits per heavy atom. The van der Waals surface area contributed by atoms with Crippen LogP contribution in [0.25, 0.3) is 0 Å². The predicted octanol–water partition coefficient (Wildman–Crippen LogP) is 3.82. The second kappa shape index (κ2) is 8.95. The van der Waals surface area contributed by atoms with Gasteiger partial charge in [-0.15, -0.1) is 0 Å². The van der Waals surface area contributed by atoms with Gasteiger partial charge in [0.2, 0.25) is 15.9 Å². The van der Waals surface area contributed by atoms with E-state index in [1.807, 2.05) is 12.1 Å². The highest BCUT2D eigenvalue weighted by molar-refractivity contribution is 7.89. The van der Waals surface area contributed by atoms with E-state index in [-0.39, 0.29) is 38.5 Å². The standard InChI is InChI=1S/C20H20ClF3N2O3S/c21-17-7-4-15(5-8-17)6-9-19(27)25-10-12-26(13-11-25)30(28,29)18-3-1-2-16(14-18)20(22,23)24/h1-5,7-8,14H,6,9-13H2. The highest BCUT2D eigenvalue weighted by Crippen LogP contribution is 2.31. The summed E-state index contributed by atoms with van der Waals surface area (Å²) in [6, 6.07) is 10.9. The SMILES string of the molecule is O=C(CCc1ccc(Cl)cc1)N1CCN(S(=O)(=O)c2cccc(C(F)(F)F)c2)CC1. The van der Waals surface area contributed by atoms with Gasteiger partial charge in [-0.3, -0.25) is 4.79 Å². The number of hydrogen-bond acceptors (Lipinski definition) is 3. The van der Waals surface area contributed by atoms with E-state index in [4.69, 9.17) is 11.6 Å². The summed E-state index contributed by atoms with van der Waals surface area (Å²) in [4.78, 5) is 13.6. The number of sulfonamides is 1. The van der Waals surface area contributed by atoms with Gasteiger partial charge in [0.25, 0.3) is 0 Å². The van der Waals surface area contributed by atoms with Gasteiger partial charge < -0.3 is 4.90 Å². The molecule has 1 amide bonds. The van der Waals surface area contributed by atoms with Crippen molar-refractivity contribution in [1.29, 1.82) is 0 Å². The Balaban J connectivity index is 1.59. The molecule has 5 nitrogen and oxygen atoms in total. The van der Waals surface area contributed by atoms with Gasteiger partial charge in [-0.2, -0.15) is 17.5 Å². The Hall–Kier alpha value is -2.10. The van der Waals surface area contributed by atoms with E-state index in [0.29, 0.717) is 17.5 Å². The molecule has 1 fully saturated rings. The molecule has 0 radical (unpaired) electrons. The minimum Gasteiger partial charge on any atom is -0.340 e. The molecule has 162 valence electrons. The average molecular weight is 461 g/mol. The monoisotopic (exact) mass is 460 g/mol. The van der Waals surface area contributed by atoms with Gasteiger partial charge in [-0.05, 0) is 42.3 Å². The molecule has 0 N–H and O–H groups in total. The van der Waals surface area contributed by atoms with Gasteiger partial charge in [0.1, 0.15) is 0 Å². The summed E-state index contributed by atoms with van der Waals surface area (Å²) in [6.07, 6.45) is -3.80. The van der Waals surface area contributed by atoms with Crippen molar-refractivity contribution in [3.8, 4) is 0 Å². The molecule has 0 spiro atoms. The zero-order chi connectivity index (χ0) is 21.9. The fourth-order valence-corrected chi connectivity index (χ4v) is 4.81. The van der Waals surface area contributed by atoms with E-state index < -0.39 is 26.7 Å². The van der Waals surface area contributed by atoms with E-state index in [2.05, 4.69) is 0 Å². The van der Waals surface area contributed by atoms with Gasteiger partial charge in [0.15, 0.2) is 0 Å². The molecule has 3 rings (SSSR count). The molecule has 1 saturated heterocycles. The van der Waals surface area contributed by atoms with Crippen molar-refractivity contribution in [3.05, 3.63) is 64.7 Å². The third-order valence-electron chi connectivity index (χ3n) is 4.93. The lowest BCUT2D eigenvalue weighted by Crippen LogP contribution is -2.50. The number of amides is 1. The largest absolute Gasteiger partial charge is 0.416 e. The van der Waals surface area contributed by atoms with Crippen molar-refractivity contribution >= 4 is 27.5 Å². The summed E-state index contributed by atoms with van der Waals surface area (Å²) in [7, 11) is -4.07. The zero-order valence-electron chi connectivity index (χ0n) is 15.9. The van der Waals surface area contributed by atoms with E-state index in [9.17, 15) is 26.4 Å². The van der Waals surface area contributed by atoms with Crippen LogP contribution in [0.5, 0.6) is 0 Å². The molecule has 0 aromatic heterocycles. The van der Waals surface area contributed by atoms with Gasteiger partial charge in [0.05, 0.1) is 10.5 Å². The van der Waals surface area contributed by atoms with Crippen molar-refractivity contribution in [3.63, 3.8) is 0 Å². The summed E-state index contributed by atoms with van der Waals surface area (Å²) in [5.41, 5.74) is -0.0434. The number of halogens is 4. The van der Waals surface area contributed by atoms with Crippen molar-refractivity contribution in [2.24, 2.45) is 0 Å². The molecule has 2 aromatic carbocycles. The van der Waals surface area contributed by atoms with Gasteiger partial charge in [0, 0.05) is 37.6 Å². The molecule has 0 saturated carbocycles. The number of alkyl halides is 3. The third-order valence-corrected chi connectivity index (χ3v) is 7.08. The van der Waals surface area contributed by atoms with Crippen LogP contribution >= 0.6 is 11.6 Å². The molecule has 10 heteroatoms. The predicted molar refractivity (Wildman–Crippen MR) is 107 cm³/mol. The number of nitrogens with zero attached hydrogens (tertiary/aromatic N) is 2. The Morgan fingerprint density at radius 2 is 1.63 bits per heavy atom. The molecule has 30 heavy (non-hydrogen) atoms. The quantitative estimate of drug-likeness (QED) is 0.681. The Labute approximate surface area is 178 Å². The van der Waals surface area contributed by atoms with E-state index in [0.717, 1.165) is 28.1 Å². The molecule has 1 aliphatic heterocycles. The maximum absolute atomic E-state index is 12.9. The number of aryl methyl sites for hydroxylation is 1. The topological polar surface area (TPSA) is 57.7 Å². The molecule has 1 heterocycles. The number of rotatable bonds is 5. The highest BCUT2D eigenvalue weighted by atomic mass is 35.5. The van der Waals surface area contributed by atoms with E-state index >= 15 is 0 Å². The van der Waals surface area contributed by atoms with Crippen LogP contribution in [-0.2, 0) is 27.4 Å². The summed E-state index contributed by atoms with van der Waals surface area (Å²) in [5, 5.41) is 0.614. The van der Waals surface area contributed by atoms with Crippen LogP contribution in [0, 0.1) is 0 Å². The minimum absolute atomic E-state index is 0.0330. The summed E-state index contributed by atoms with van der Waals surface area (Å²) < 4.78 is 65.3. The van der Waals surface area contributed by atoms with Crippen molar-refractivity contribution in [2.45, 2.75) is 23.9 Å². The smallest absolute Gasteiger partial charge is 0.340 e. The fourth-order valence-electron chi connectivity index (χ4n) is 3.22. The van der Waals surface area contributed by atoms with Crippen LogP contribution in [0.15, 0.2) is 53.4 Å². The van der Waals surface area contributed by atoms with Crippen LogP contribution in [0.1, 0.15) is 17.5 Å². The van der Waals surface area contributed by atoms with Crippen molar-refractivity contribution in [1.82, 2.24) is 9.21 Å². The first-order valence-corrected chi connectivity index (χ1v) is 11.1. The second-order valence-electron chi connectivity index (χ2n) is 6.94. The molecular weight excluding hydrogens is 441 g/mol. The van der Waals surface area contributed by atoms with Crippen LogP contribution in [-0.4, -0.2) is 49.7 Å². The summed E-state index contributed by atoms with van der Waals surface area (Å²) in [6.45, 7) is 0.450. The highest BCUT2D eigenvalue weighted by Gasteiger charge is 2.34. The first-order chi connectivity index (χ1) is 14.1. The van der Waals surface area contributed by atoms with Crippen LogP contribution in [0.4, 0.5) is 13.2 Å². The fraction of sp³-hybridized carbons (Fsp3) is 0.350. The number of hydrogen-bond donors (Lipinski definition) is 0. The van der Waals surface area contributed by atoms with Crippen molar-refractivity contribution < 1.29 is 26.4 Å². The van der Waals surface area contributed by atoms with Gasteiger partial charge in [-0.1, -0.05) is 29.8 Å². The molecule has 0 bridgehead atoms. The Morgan fingerprint density at radius 3 is 2.23 bits per heavy atom. The van der Waals surface area contributed by atoms with Gasteiger partial charge >= 0.3 is 6.18 Å². The first-order valence-electron chi connectivity index (χ1n) is 9.27.